The van der Waals surface area contributed by atoms with Gasteiger partial charge in [0.1, 0.15) is 6.04 Å². The highest BCUT2D eigenvalue weighted by atomic mass is 16.5. The molecule has 4 nitrogen and oxygen atoms in total. The van der Waals surface area contributed by atoms with Crippen LogP contribution in [0.5, 0.6) is 0 Å². The van der Waals surface area contributed by atoms with Crippen LogP contribution in [0.4, 0.5) is 0 Å². The molecule has 4 heteroatoms. The minimum atomic E-state index is -0.335. The number of rotatable bonds is 2. The van der Waals surface area contributed by atoms with E-state index in [-0.39, 0.29) is 23.8 Å². The largest absolute Gasteiger partial charge is 0.467 e. The van der Waals surface area contributed by atoms with E-state index in [2.05, 4.69) is 0 Å². The number of likely N-dealkylation sites (tertiary alicyclic amines) is 1. The molecule has 1 heterocycles. The fourth-order valence-electron chi connectivity index (χ4n) is 3.70. The maximum absolute atomic E-state index is 12.8. The van der Waals surface area contributed by atoms with Crippen LogP contribution in [0.1, 0.15) is 70.6 Å². The van der Waals surface area contributed by atoms with Crippen molar-refractivity contribution in [1.29, 1.82) is 0 Å². The molecule has 120 valence electrons. The van der Waals surface area contributed by atoms with E-state index < -0.39 is 0 Å². The van der Waals surface area contributed by atoms with Crippen LogP contribution in [0, 0.1) is 5.92 Å². The molecule has 21 heavy (non-hydrogen) atoms. The second-order valence-electron chi connectivity index (χ2n) is 6.46. The van der Waals surface area contributed by atoms with Crippen LogP contribution in [0.3, 0.4) is 0 Å². The van der Waals surface area contributed by atoms with Crippen molar-refractivity contribution >= 4 is 11.9 Å². The fourth-order valence-corrected chi connectivity index (χ4v) is 3.70. The summed E-state index contributed by atoms with van der Waals surface area (Å²) >= 11 is 0. The highest BCUT2D eigenvalue weighted by Gasteiger charge is 2.37. The van der Waals surface area contributed by atoms with Crippen molar-refractivity contribution in [3.8, 4) is 0 Å². The Bertz CT molecular complexity index is 346. The van der Waals surface area contributed by atoms with Gasteiger partial charge >= 0.3 is 5.97 Å². The van der Waals surface area contributed by atoms with Gasteiger partial charge in [0.05, 0.1) is 7.11 Å². The molecule has 0 spiro atoms. The average Bonchev–Trinajstić information content (AvgIpc) is 3.00. The SMILES string of the molecule is COC(=O)[C@@H]1CCCN1C(=O)C1CCCCCCCCC1. The van der Waals surface area contributed by atoms with Gasteiger partial charge in [-0.2, -0.15) is 0 Å². The minimum absolute atomic E-state index is 0.119. The molecular weight excluding hydrogens is 266 g/mol. The highest BCUT2D eigenvalue weighted by Crippen LogP contribution is 2.27. The zero-order chi connectivity index (χ0) is 15.1. The molecule has 1 aliphatic heterocycles. The van der Waals surface area contributed by atoms with Gasteiger partial charge in [0, 0.05) is 12.5 Å². The Labute approximate surface area is 128 Å². The van der Waals surface area contributed by atoms with E-state index in [0.717, 1.165) is 45.1 Å². The van der Waals surface area contributed by atoms with Crippen molar-refractivity contribution in [2.24, 2.45) is 5.92 Å². The second kappa shape index (κ2) is 8.40. The van der Waals surface area contributed by atoms with Crippen LogP contribution >= 0.6 is 0 Å². The lowest BCUT2D eigenvalue weighted by molar-refractivity contribution is -0.152. The van der Waals surface area contributed by atoms with Crippen LogP contribution in [0.25, 0.3) is 0 Å². The van der Waals surface area contributed by atoms with Crippen molar-refractivity contribution in [3.05, 3.63) is 0 Å². The third kappa shape index (κ3) is 4.45. The summed E-state index contributed by atoms with van der Waals surface area (Å²) in [7, 11) is 1.41. The molecule has 0 bridgehead atoms. The van der Waals surface area contributed by atoms with Crippen LogP contribution in [-0.4, -0.2) is 36.5 Å². The van der Waals surface area contributed by atoms with Gasteiger partial charge in [-0.05, 0) is 25.7 Å². The van der Waals surface area contributed by atoms with E-state index in [4.69, 9.17) is 4.74 Å². The number of amides is 1. The molecule has 0 N–H and O–H groups in total. The van der Waals surface area contributed by atoms with Gasteiger partial charge in [0.2, 0.25) is 5.91 Å². The summed E-state index contributed by atoms with van der Waals surface area (Å²) in [5, 5.41) is 0. The molecule has 1 atom stereocenters. The molecule has 1 amide bonds. The summed E-state index contributed by atoms with van der Waals surface area (Å²) in [6.07, 6.45) is 12.4. The van der Waals surface area contributed by atoms with Crippen molar-refractivity contribution in [3.63, 3.8) is 0 Å². The maximum Gasteiger partial charge on any atom is 0.328 e. The summed E-state index contributed by atoms with van der Waals surface area (Å²) in [4.78, 5) is 26.4. The molecule has 0 aromatic heterocycles. The van der Waals surface area contributed by atoms with Crippen molar-refractivity contribution < 1.29 is 14.3 Å². The van der Waals surface area contributed by atoms with Gasteiger partial charge in [-0.1, -0.05) is 44.9 Å². The minimum Gasteiger partial charge on any atom is -0.467 e. The first-order valence-corrected chi connectivity index (χ1v) is 8.62. The summed E-state index contributed by atoms with van der Waals surface area (Å²) in [5.74, 6) is 0.0672. The Morgan fingerprint density at radius 3 is 2.00 bits per heavy atom. The molecule has 1 saturated carbocycles. The molecule has 0 unspecified atom stereocenters. The lowest BCUT2D eigenvalue weighted by Crippen LogP contribution is -2.44. The van der Waals surface area contributed by atoms with E-state index in [1.807, 2.05) is 0 Å². The van der Waals surface area contributed by atoms with Crippen molar-refractivity contribution in [1.82, 2.24) is 4.90 Å². The Morgan fingerprint density at radius 1 is 0.857 bits per heavy atom. The number of nitrogens with zero attached hydrogens (tertiary/aromatic N) is 1. The standard InChI is InChI=1S/C17H29NO3/c1-21-17(20)15-12-9-13-18(15)16(19)14-10-7-5-3-2-4-6-8-11-14/h14-15H,2-13H2,1H3/t15-/m0/s1. The average molecular weight is 295 g/mol. The van der Waals surface area contributed by atoms with E-state index >= 15 is 0 Å². The summed E-state index contributed by atoms with van der Waals surface area (Å²) in [5.41, 5.74) is 0. The Morgan fingerprint density at radius 2 is 1.43 bits per heavy atom. The molecule has 0 aromatic carbocycles. The summed E-state index contributed by atoms with van der Waals surface area (Å²) in [6, 6.07) is -0.335. The summed E-state index contributed by atoms with van der Waals surface area (Å²) in [6.45, 7) is 0.717. The first-order chi connectivity index (χ1) is 10.2. The van der Waals surface area contributed by atoms with Gasteiger partial charge < -0.3 is 9.64 Å². The third-order valence-corrected chi connectivity index (χ3v) is 4.96. The lowest BCUT2D eigenvalue weighted by Gasteiger charge is -2.28. The first kappa shape index (κ1) is 16.3. The van der Waals surface area contributed by atoms with Crippen LogP contribution in [0.15, 0.2) is 0 Å². The molecule has 2 fully saturated rings. The Kier molecular flexibility index (Phi) is 6.52. The quantitative estimate of drug-likeness (QED) is 0.734. The molecule has 2 rings (SSSR count). The van der Waals surface area contributed by atoms with Crippen LogP contribution in [0.2, 0.25) is 0 Å². The predicted octanol–water partition coefficient (Wildman–Crippen LogP) is 3.29. The smallest absolute Gasteiger partial charge is 0.328 e. The number of carbonyl (C=O) groups excluding carboxylic acids is 2. The molecule has 0 aromatic rings. The van der Waals surface area contributed by atoms with Gasteiger partial charge in [-0.15, -0.1) is 0 Å². The molecule has 1 aliphatic carbocycles. The van der Waals surface area contributed by atoms with Crippen LogP contribution < -0.4 is 0 Å². The second-order valence-corrected chi connectivity index (χ2v) is 6.46. The predicted molar refractivity (Wildman–Crippen MR) is 81.8 cm³/mol. The molecule has 2 aliphatic rings. The topological polar surface area (TPSA) is 46.6 Å². The Hall–Kier alpha value is -1.06. The summed E-state index contributed by atoms with van der Waals surface area (Å²) < 4.78 is 4.85. The van der Waals surface area contributed by atoms with Gasteiger partial charge in [0.15, 0.2) is 0 Å². The zero-order valence-electron chi connectivity index (χ0n) is 13.3. The normalized spacial score (nSPS) is 25.6. The molecular formula is C17H29NO3. The van der Waals surface area contributed by atoms with E-state index in [1.54, 1.807) is 4.90 Å². The maximum atomic E-state index is 12.8. The number of ether oxygens (including phenoxy) is 1. The molecule has 0 radical (unpaired) electrons. The number of esters is 1. The zero-order valence-corrected chi connectivity index (χ0v) is 13.3. The van der Waals surface area contributed by atoms with Crippen molar-refractivity contribution in [2.75, 3.05) is 13.7 Å². The molecule has 1 saturated heterocycles. The van der Waals surface area contributed by atoms with E-state index in [1.165, 1.54) is 39.2 Å². The van der Waals surface area contributed by atoms with Crippen molar-refractivity contribution in [2.45, 2.75) is 76.7 Å². The van der Waals surface area contributed by atoms with E-state index in [9.17, 15) is 9.59 Å². The van der Waals surface area contributed by atoms with Gasteiger partial charge in [-0.25, -0.2) is 4.79 Å². The number of carbonyl (C=O) groups is 2. The number of hydrogen-bond donors (Lipinski definition) is 0. The third-order valence-electron chi connectivity index (χ3n) is 4.96. The lowest BCUT2D eigenvalue weighted by atomic mass is 9.91. The highest BCUT2D eigenvalue weighted by molar-refractivity contribution is 5.86. The Balaban J connectivity index is 1.96. The van der Waals surface area contributed by atoms with E-state index in [0.29, 0.717) is 0 Å². The first-order valence-electron chi connectivity index (χ1n) is 8.62. The van der Waals surface area contributed by atoms with Gasteiger partial charge in [-0.3, -0.25) is 4.79 Å². The monoisotopic (exact) mass is 295 g/mol. The van der Waals surface area contributed by atoms with Gasteiger partial charge in [0.25, 0.3) is 0 Å². The van der Waals surface area contributed by atoms with Crippen LogP contribution in [-0.2, 0) is 14.3 Å². The number of hydrogen-bond acceptors (Lipinski definition) is 3. The number of methoxy groups -OCH3 is 1. The fraction of sp³-hybridized carbons (Fsp3) is 0.882.